The molecule has 1 fully saturated rings. The van der Waals surface area contributed by atoms with Crippen LogP contribution in [0.1, 0.15) is 53.4 Å². The molecule has 126 valence electrons. The van der Waals surface area contributed by atoms with Crippen molar-refractivity contribution in [3.8, 4) is 0 Å². The predicted molar refractivity (Wildman–Crippen MR) is 81.4 cm³/mol. The molecule has 1 saturated carbocycles. The maximum atomic E-state index is 12.7. The van der Waals surface area contributed by atoms with Gasteiger partial charge < -0.3 is 5.32 Å². The molecule has 2 atom stereocenters. The lowest BCUT2D eigenvalue weighted by molar-refractivity contribution is -0.148. The van der Waals surface area contributed by atoms with Crippen LogP contribution in [0.3, 0.4) is 0 Å². The molecule has 2 unspecified atom stereocenters. The first-order chi connectivity index (χ1) is 9.69. The zero-order valence-electron chi connectivity index (χ0n) is 13.9. The minimum absolute atomic E-state index is 0.162. The Morgan fingerprint density at radius 1 is 1.24 bits per heavy atom. The van der Waals surface area contributed by atoms with Crippen LogP contribution in [-0.2, 0) is 0 Å². The average molecular weight is 308 g/mol. The van der Waals surface area contributed by atoms with Gasteiger partial charge in [0.25, 0.3) is 0 Å². The maximum absolute atomic E-state index is 12.7. The Balaban J connectivity index is 2.74. The van der Waals surface area contributed by atoms with Gasteiger partial charge in [0, 0.05) is 12.6 Å². The SMILES string of the molecule is CCCN(CC1CCCC(C)(C)C1NCC)CC(F)(F)F. The smallest absolute Gasteiger partial charge is 0.313 e. The summed E-state index contributed by atoms with van der Waals surface area (Å²) < 4.78 is 38.2. The van der Waals surface area contributed by atoms with E-state index in [1.807, 2.05) is 6.92 Å². The first-order valence-electron chi connectivity index (χ1n) is 8.22. The van der Waals surface area contributed by atoms with E-state index in [0.29, 0.717) is 25.0 Å². The molecule has 1 N–H and O–H groups in total. The number of halogens is 3. The summed E-state index contributed by atoms with van der Waals surface area (Å²) in [6.45, 7) is 9.65. The van der Waals surface area contributed by atoms with Gasteiger partial charge in [0.2, 0.25) is 0 Å². The minimum Gasteiger partial charge on any atom is -0.313 e. The molecule has 0 radical (unpaired) electrons. The summed E-state index contributed by atoms with van der Waals surface area (Å²) in [5.41, 5.74) is 0.162. The zero-order valence-corrected chi connectivity index (χ0v) is 13.9. The van der Waals surface area contributed by atoms with E-state index in [9.17, 15) is 13.2 Å². The van der Waals surface area contributed by atoms with Crippen molar-refractivity contribution in [2.75, 3.05) is 26.2 Å². The lowest BCUT2D eigenvalue weighted by Crippen LogP contribution is -2.53. The summed E-state index contributed by atoms with van der Waals surface area (Å²) in [5.74, 6) is 0.308. The highest BCUT2D eigenvalue weighted by molar-refractivity contribution is 4.94. The van der Waals surface area contributed by atoms with Crippen LogP contribution in [0.5, 0.6) is 0 Å². The highest BCUT2D eigenvalue weighted by Crippen LogP contribution is 2.39. The van der Waals surface area contributed by atoms with E-state index < -0.39 is 12.7 Å². The standard InChI is InChI=1S/C16H31F3N2/c1-5-10-21(12-16(17,18)19)11-13-8-7-9-15(3,4)14(13)20-6-2/h13-14,20H,5-12H2,1-4H3. The summed E-state index contributed by atoms with van der Waals surface area (Å²) in [5, 5.41) is 3.53. The van der Waals surface area contributed by atoms with Gasteiger partial charge in [-0.2, -0.15) is 13.2 Å². The van der Waals surface area contributed by atoms with Crippen LogP contribution in [0.25, 0.3) is 0 Å². The summed E-state index contributed by atoms with van der Waals surface area (Å²) in [4.78, 5) is 1.59. The molecule has 0 aromatic carbocycles. The second-order valence-electron chi connectivity index (χ2n) is 7.03. The van der Waals surface area contributed by atoms with Gasteiger partial charge in [-0.05, 0) is 43.7 Å². The van der Waals surface area contributed by atoms with Crippen molar-refractivity contribution in [3.05, 3.63) is 0 Å². The Bertz CT molecular complexity index is 302. The third-order valence-electron chi connectivity index (χ3n) is 4.57. The lowest BCUT2D eigenvalue weighted by Gasteiger charge is -2.46. The Kier molecular flexibility index (Phi) is 6.98. The fourth-order valence-electron chi connectivity index (χ4n) is 3.78. The van der Waals surface area contributed by atoms with Crippen molar-refractivity contribution in [2.24, 2.45) is 11.3 Å². The second kappa shape index (κ2) is 7.82. The largest absolute Gasteiger partial charge is 0.401 e. The van der Waals surface area contributed by atoms with Gasteiger partial charge in [-0.1, -0.05) is 34.1 Å². The number of alkyl halides is 3. The van der Waals surface area contributed by atoms with Crippen LogP contribution in [0.15, 0.2) is 0 Å². The predicted octanol–water partition coefficient (Wildman–Crippen LogP) is 4.07. The Morgan fingerprint density at radius 3 is 2.43 bits per heavy atom. The van der Waals surface area contributed by atoms with Gasteiger partial charge in [-0.15, -0.1) is 0 Å². The molecule has 0 bridgehead atoms. The topological polar surface area (TPSA) is 15.3 Å². The molecule has 2 nitrogen and oxygen atoms in total. The number of nitrogens with zero attached hydrogens (tertiary/aromatic N) is 1. The van der Waals surface area contributed by atoms with Gasteiger partial charge in [-0.25, -0.2) is 0 Å². The normalized spacial score (nSPS) is 26.3. The number of nitrogens with one attached hydrogen (secondary N) is 1. The van der Waals surface area contributed by atoms with Crippen LogP contribution in [-0.4, -0.2) is 43.3 Å². The molecule has 1 aliphatic carbocycles. The van der Waals surface area contributed by atoms with Crippen LogP contribution in [0.4, 0.5) is 13.2 Å². The average Bonchev–Trinajstić information content (AvgIpc) is 2.31. The molecular weight excluding hydrogens is 277 g/mol. The van der Waals surface area contributed by atoms with Crippen LogP contribution in [0, 0.1) is 11.3 Å². The summed E-state index contributed by atoms with van der Waals surface area (Å²) in [6.07, 6.45) is -0.0516. The van der Waals surface area contributed by atoms with E-state index in [1.54, 1.807) is 4.90 Å². The summed E-state index contributed by atoms with van der Waals surface area (Å²) in [7, 11) is 0. The zero-order chi connectivity index (χ0) is 16.1. The molecule has 0 aromatic rings. The molecule has 1 rings (SSSR count). The Labute approximate surface area is 127 Å². The fraction of sp³-hybridized carbons (Fsp3) is 1.00. The Morgan fingerprint density at radius 2 is 1.90 bits per heavy atom. The molecule has 0 saturated heterocycles. The molecule has 0 amide bonds. The van der Waals surface area contributed by atoms with E-state index in [-0.39, 0.29) is 5.41 Å². The molecule has 1 aliphatic rings. The quantitative estimate of drug-likeness (QED) is 0.763. The monoisotopic (exact) mass is 308 g/mol. The molecule has 0 aromatic heterocycles. The van der Waals surface area contributed by atoms with Gasteiger partial charge in [0.15, 0.2) is 0 Å². The van der Waals surface area contributed by atoms with Crippen molar-refractivity contribution in [1.29, 1.82) is 0 Å². The van der Waals surface area contributed by atoms with E-state index >= 15 is 0 Å². The molecular formula is C16H31F3N2. The third-order valence-corrected chi connectivity index (χ3v) is 4.57. The Hall–Kier alpha value is -0.290. The number of hydrogen-bond donors (Lipinski definition) is 1. The highest BCUT2D eigenvalue weighted by atomic mass is 19.4. The van der Waals surface area contributed by atoms with Gasteiger partial charge in [0.1, 0.15) is 0 Å². The maximum Gasteiger partial charge on any atom is 0.401 e. The van der Waals surface area contributed by atoms with E-state index in [4.69, 9.17) is 0 Å². The van der Waals surface area contributed by atoms with E-state index in [1.165, 1.54) is 0 Å². The van der Waals surface area contributed by atoms with E-state index in [2.05, 4.69) is 26.1 Å². The molecule has 0 spiro atoms. The second-order valence-corrected chi connectivity index (χ2v) is 7.03. The number of rotatable bonds is 7. The van der Waals surface area contributed by atoms with Crippen molar-refractivity contribution in [2.45, 2.75) is 65.6 Å². The van der Waals surface area contributed by atoms with Crippen molar-refractivity contribution in [1.82, 2.24) is 10.2 Å². The lowest BCUT2D eigenvalue weighted by atomic mass is 9.67. The van der Waals surface area contributed by atoms with Crippen LogP contribution in [0.2, 0.25) is 0 Å². The highest BCUT2D eigenvalue weighted by Gasteiger charge is 2.40. The van der Waals surface area contributed by atoms with Gasteiger partial charge in [0.05, 0.1) is 6.54 Å². The van der Waals surface area contributed by atoms with Crippen molar-refractivity contribution in [3.63, 3.8) is 0 Å². The van der Waals surface area contributed by atoms with Gasteiger partial charge >= 0.3 is 6.18 Å². The van der Waals surface area contributed by atoms with Crippen LogP contribution >= 0.6 is 0 Å². The first-order valence-corrected chi connectivity index (χ1v) is 8.22. The van der Waals surface area contributed by atoms with Crippen molar-refractivity contribution >= 4 is 0 Å². The van der Waals surface area contributed by atoms with Crippen LogP contribution < -0.4 is 5.32 Å². The molecule has 5 heteroatoms. The molecule has 0 aliphatic heterocycles. The summed E-state index contributed by atoms with van der Waals surface area (Å²) >= 11 is 0. The third kappa shape index (κ3) is 6.15. The van der Waals surface area contributed by atoms with Gasteiger partial charge in [-0.3, -0.25) is 4.90 Å². The number of hydrogen-bond acceptors (Lipinski definition) is 2. The summed E-state index contributed by atoms with van der Waals surface area (Å²) in [6, 6.07) is 0.309. The fourth-order valence-corrected chi connectivity index (χ4v) is 3.78. The minimum atomic E-state index is -4.10. The molecule has 21 heavy (non-hydrogen) atoms. The van der Waals surface area contributed by atoms with E-state index in [0.717, 1.165) is 32.2 Å². The first kappa shape index (κ1) is 18.8. The molecule has 0 heterocycles. The van der Waals surface area contributed by atoms with Crippen molar-refractivity contribution < 1.29 is 13.2 Å².